The molecule has 0 spiro atoms. The van der Waals surface area contributed by atoms with Crippen molar-refractivity contribution in [2.45, 2.75) is 26.3 Å². The Balaban J connectivity index is 2.19. The number of hydrogen-bond donors (Lipinski definition) is 0. The van der Waals surface area contributed by atoms with Crippen molar-refractivity contribution in [1.82, 2.24) is 0 Å². The maximum Gasteiger partial charge on any atom is 0.124 e. The van der Waals surface area contributed by atoms with E-state index in [2.05, 4.69) is 26.0 Å². The van der Waals surface area contributed by atoms with Gasteiger partial charge in [0.2, 0.25) is 0 Å². The van der Waals surface area contributed by atoms with E-state index in [1.165, 1.54) is 23.3 Å². The zero-order chi connectivity index (χ0) is 13.8. The van der Waals surface area contributed by atoms with Gasteiger partial charge in [-0.2, -0.15) is 0 Å². The minimum absolute atomic E-state index is 0.236. The zero-order valence-corrected chi connectivity index (χ0v) is 11.8. The molecule has 0 aliphatic carbocycles. The summed E-state index contributed by atoms with van der Waals surface area (Å²) in [7, 11) is 0. The number of halogens is 2. The van der Waals surface area contributed by atoms with Gasteiger partial charge in [0.05, 0.1) is 5.88 Å². The van der Waals surface area contributed by atoms with Gasteiger partial charge in [0.1, 0.15) is 18.2 Å². The predicted molar refractivity (Wildman–Crippen MR) is 76.2 cm³/mol. The fraction of sp³-hybridized carbons (Fsp3) is 0.250. The standard InChI is InChI=1S/C16H16ClFO/c1-11-4-3-5-12(2)15(11)10-19-16-7-6-14(18)8-13(16)9-17/h3-8H,9-10H2,1-2H3. The second-order valence-corrected chi connectivity index (χ2v) is 4.81. The Morgan fingerprint density at radius 3 is 2.42 bits per heavy atom. The summed E-state index contributed by atoms with van der Waals surface area (Å²) in [6, 6.07) is 10.6. The molecule has 2 aromatic rings. The van der Waals surface area contributed by atoms with Gasteiger partial charge in [-0.25, -0.2) is 4.39 Å². The molecule has 2 rings (SSSR count). The normalized spacial score (nSPS) is 10.5. The van der Waals surface area contributed by atoms with Crippen LogP contribution in [-0.4, -0.2) is 0 Å². The van der Waals surface area contributed by atoms with Crippen LogP contribution in [0.4, 0.5) is 4.39 Å². The molecule has 0 aliphatic rings. The molecular formula is C16H16ClFO. The SMILES string of the molecule is Cc1cccc(C)c1COc1ccc(F)cc1CCl. The Bertz CT molecular complexity index is 561. The molecule has 3 heteroatoms. The minimum Gasteiger partial charge on any atom is -0.489 e. The van der Waals surface area contributed by atoms with Gasteiger partial charge in [-0.05, 0) is 48.7 Å². The molecule has 2 aromatic carbocycles. The van der Waals surface area contributed by atoms with Gasteiger partial charge in [-0.3, -0.25) is 0 Å². The molecule has 0 atom stereocenters. The Morgan fingerprint density at radius 1 is 1.11 bits per heavy atom. The monoisotopic (exact) mass is 278 g/mol. The summed E-state index contributed by atoms with van der Waals surface area (Å²) in [4.78, 5) is 0. The van der Waals surface area contributed by atoms with Crippen LogP contribution in [0.25, 0.3) is 0 Å². The fourth-order valence-electron chi connectivity index (χ4n) is 2.02. The maximum absolute atomic E-state index is 13.1. The first kappa shape index (κ1) is 13.9. The topological polar surface area (TPSA) is 9.23 Å². The average molecular weight is 279 g/mol. The summed E-state index contributed by atoms with van der Waals surface area (Å²) >= 11 is 5.80. The van der Waals surface area contributed by atoms with Crippen LogP contribution in [-0.2, 0) is 12.5 Å². The smallest absolute Gasteiger partial charge is 0.124 e. The van der Waals surface area contributed by atoms with Crippen LogP contribution in [0.1, 0.15) is 22.3 Å². The van der Waals surface area contributed by atoms with E-state index in [-0.39, 0.29) is 11.7 Å². The Kier molecular flexibility index (Phi) is 4.43. The molecule has 1 nitrogen and oxygen atoms in total. The van der Waals surface area contributed by atoms with Crippen molar-refractivity contribution in [2.75, 3.05) is 0 Å². The molecule has 0 fully saturated rings. The summed E-state index contributed by atoms with van der Waals surface area (Å²) < 4.78 is 18.9. The van der Waals surface area contributed by atoms with E-state index in [9.17, 15) is 4.39 Å². The van der Waals surface area contributed by atoms with Crippen LogP contribution < -0.4 is 4.74 Å². The third kappa shape index (κ3) is 3.27. The van der Waals surface area contributed by atoms with Gasteiger partial charge in [0, 0.05) is 5.56 Å². The summed E-state index contributed by atoms with van der Waals surface area (Å²) in [6.45, 7) is 4.58. The molecule has 0 saturated heterocycles. The summed E-state index contributed by atoms with van der Waals surface area (Å²) in [5.74, 6) is 0.578. The molecule has 0 N–H and O–H groups in total. The molecule has 100 valence electrons. The van der Waals surface area contributed by atoms with Crippen molar-refractivity contribution in [1.29, 1.82) is 0 Å². The minimum atomic E-state index is -0.296. The summed E-state index contributed by atoms with van der Waals surface area (Å²) in [6.07, 6.45) is 0. The van der Waals surface area contributed by atoms with E-state index in [0.717, 1.165) is 5.56 Å². The van der Waals surface area contributed by atoms with E-state index < -0.39 is 0 Å². The van der Waals surface area contributed by atoms with Crippen molar-refractivity contribution >= 4 is 11.6 Å². The van der Waals surface area contributed by atoms with Crippen LogP contribution in [0.15, 0.2) is 36.4 Å². The van der Waals surface area contributed by atoms with Gasteiger partial charge < -0.3 is 4.74 Å². The highest BCUT2D eigenvalue weighted by Crippen LogP contribution is 2.24. The van der Waals surface area contributed by atoms with E-state index >= 15 is 0 Å². The van der Waals surface area contributed by atoms with Gasteiger partial charge in [0.25, 0.3) is 0 Å². The molecule has 0 amide bonds. The Morgan fingerprint density at radius 2 is 1.79 bits per heavy atom. The van der Waals surface area contributed by atoms with Crippen molar-refractivity contribution in [3.8, 4) is 5.75 Å². The van der Waals surface area contributed by atoms with Crippen molar-refractivity contribution < 1.29 is 9.13 Å². The van der Waals surface area contributed by atoms with Gasteiger partial charge in [-0.1, -0.05) is 18.2 Å². The first-order valence-corrected chi connectivity index (χ1v) is 6.67. The number of rotatable bonds is 4. The zero-order valence-electron chi connectivity index (χ0n) is 11.0. The molecule has 0 aliphatic heterocycles. The van der Waals surface area contributed by atoms with Crippen LogP contribution in [0.5, 0.6) is 5.75 Å². The van der Waals surface area contributed by atoms with E-state index in [4.69, 9.17) is 16.3 Å². The second-order valence-electron chi connectivity index (χ2n) is 4.54. The summed E-state index contributed by atoms with van der Waals surface area (Å²) in [5, 5.41) is 0. The Labute approximate surface area is 118 Å². The second kappa shape index (κ2) is 6.07. The van der Waals surface area contributed by atoms with Crippen LogP contribution in [0, 0.1) is 19.7 Å². The van der Waals surface area contributed by atoms with Crippen molar-refractivity contribution in [2.24, 2.45) is 0 Å². The van der Waals surface area contributed by atoms with E-state index in [1.54, 1.807) is 6.07 Å². The van der Waals surface area contributed by atoms with Crippen LogP contribution in [0.2, 0.25) is 0 Å². The number of ether oxygens (including phenoxy) is 1. The third-order valence-electron chi connectivity index (χ3n) is 3.18. The molecule has 19 heavy (non-hydrogen) atoms. The first-order valence-electron chi connectivity index (χ1n) is 6.14. The van der Waals surface area contributed by atoms with Gasteiger partial charge in [0.15, 0.2) is 0 Å². The number of hydrogen-bond acceptors (Lipinski definition) is 1. The first-order chi connectivity index (χ1) is 9.11. The third-order valence-corrected chi connectivity index (χ3v) is 3.47. The lowest BCUT2D eigenvalue weighted by atomic mass is 10.0. The molecular weight excluding hydrogens is 263 g/mol. The molecule has 0 bridgehead atoms. The highest BCUT2D eigenvalue weighted by molar-refractivity contribution is 6.17. The van der Waals surface area contributed by atoms with E-state index in [1.807, 2.05) is 6.07 Å². The number of aryl methyl sites for hydroxylation is 2. The average Bonchev–Trinajstić information content (AvgIpc) is 2.39. The van der Waals surface area contributed by atoms with Crippen molar-refractivity contribution in [3.05, 3.63) is 64.5 Å². The highest BCUT2D eigenvalue weighted by atomic mass is 35.5. The quantitative estimate of drug-likeness (QED) is 0.733. The fourth-order valence-corrected chi connectivity index (χ4v) is 2.23. The molecule has 0 radical (unpaired) electrons. The molecule has 0 aromatic heterocycles. The van der Waals surface area contributed by atoms with Gasteiger partial charge in [-0.15, -0.1) is 11.6 Å². The maximum atomic E-state index is 13.1. The molecule has 0 unspecified atom stereocenters. The van der Waals surface area contributed by atoms with Gasteiger partial charge >= 0.3 is 0 Å². The summed E-state index contributed by atoms with van der Waals surface area (Å²) in [5.41, 5.74) is 4.21. The van der Waals surface area contributed by atoms with E-state index in [0.29, 0.717) is 17.9 Å². The Hall–Kier alpha value is -1.54. The highest BCUT2D eigenvalue weighted by Gasteiger charge is 2.07. The lowest BCUT2D eigenvalue weighted by Crippen LogP contribution is -2.02. The predicted octanol–water partition coefficient (Wildman–Crippen LogP) is 4.76. The van der Waals surface area contributed by atoms with Crippen molar-refractivity contribution in [3.63, 3.8) is 0 Å². The molecule has 0 saturated carbocycles. The lowest BCUT2D eigenvalue weighted by Gasteiger charge is -2.13. The van der Waals surface area contributed by atoms with Crippen LogP contribution in [0.3, 0.4) is 0 Å². The van der Waals surface area contributed by atoms with Crippen LogP contribution >= 0.6 is 11.6 Å². The number of alkyl halides is 1. The number of benzene rings is 2. The molecule has 0 heterocycles. The lowest BCUT2D eigenvalue weighted by molar-refractivity contribution is 0.301. The largest absolute Gasteiger partial charge is 0.489 e.